The first-order valence-electron chi connectivity index (χ1n) is 5.53. The maximum atomic E-state index is 11.2. The lowest BCUT2D eigenvalue weighted by Crippen LogP contribution is -2.01. The van der Waals surface area contributed by atoms with Crippen molar-refractivity contribution in [3.63, 3.8) is 0 Å². The normalized spacial score (nSPS) is 10.9. The van der Waals surface area contributed by atoms with Crippen LogP contribution < -0.4 is 5.43 Å². The molecular formula is C13H10BrN3O. The molecule has 0 spiro atoms. The summed E-state index contributed by atoms with van der Waals surface area (Å²) in [5.41, 5.74) is 1.85. The number of hydrogen-bond acceptors (Lipinski definition) is 2. The Kier molecular flexibility index (Phi) is 2.76. The number of pyridine rings is 1. The van der Waals surface area contributed by atoms with E-state index in [2.05, 4.69) is 26.1 Å². The zero-order valence-electron chi connectivity index (χ0n) is 9.43. The Bertz CT molecular complexity index is 760. The number of fused-ring (bicyclic) bond motifs is 1. The maximum Gasteiger partial charge on any atom is 0.183 e. The quantitative estimate of drug-likeness (QED) is 0.790. The van der Waals surface area contributed by atoms with E-state index in [0.29, 0.717) is 12.1 Å². The Labute approximate surface area is 111 Å². The summed E-state index contributed by atoms with van der Waals surface area (Å²) in [6, 6.07) is 11.1. The summed E-state index contributed by atoms with van der Waals surface area (Å²) >= 11 is 3.52. The molecule has 0 saturated carbocycles. The van der Waals surface area contributed by atoms with Gasteiger partial charge in [-0.1, -0.05) is 34.1 Å². The molecule has 2 heterocycles. The molecule has 0 aliphatic heterocycles. The zero-order chi connectivity index (χ0) is 12.5. The summed E-state index contributed by atoms with van der Waals surface area (Å²) in [6.45, 7) is 0. The van der Waals surface area contributed by atoms with Crippen LogP contribution in [0, 0.1) is 0 Å². The molecule has 1 aromatic carbocycles. The lowest BCUT2D eigenvalue weighted by Gasteiger charge is -2.02. The van der Waals surface area contributed by atoms with E-state index < -0.39 is 0 Å². The van der Waals surface area contributed by atoms with Crippen LogP contribution in [0.4, 0.5) is 0 Å². The first-order chi connectivity index (χ1) is 8.74. The van der Waals surface area contributed by atoms with Crippen molar-refractivity contribution < 1.29 is 0 Å². The second-order valence-corrected chi connectivity index (χ2v) is 4.88. The average molecular weight is 304 g/mol. The SMILES string of the molecule is O=c1ccn2c(Cc3ccccc3Br)n[nH]c2c1. The Morgan fingerprint density at radius 1 is 1.28 bits per heavy atom. The Morgan fingerprint density at radius 2 is 2.11 bits per heavy atom. The second kappa shape index (κ2) is 4.42. The summed E-state index contributed by atoms with van der Waals surface area (Å²) in [5, 5.41) is 7.12. The van der Waals surface area contributed by atoms with Gasteiger partial charge in [0.1, 0.15) is 11.5 Å². The molecule has 1 N–H and O–H groups in total. The predicted molar refractivity (Wildman–Crippen MR) is 72.8 cm³/mol. The minimum atomic E-state index is -0.0221. The van der Waals surface area contributed by atoms with E-state index in [4.69, 9.17) is 0 Å². The van der Waals surface area contributed by atoms with Gasteiger partial charge in [0.25, 0.3) is 0 Å². The number of H-pyrrole nitrogens is 1. The van der Waals surface area contributed by atoms with Crippen LogP contribution in [-0.4, -0.2) is 14.6 Å². The average Bonchev–Trinajstić information content (AvgIpc) is 2.74. The van der Waals surface area contributed by atoms with Crippen LogP contribution in [0.5, 0.6) is 0 Å². The van der Waals surface area contributed by atoms with Crippen molar-refractivity contribution in [2.75, 3.05) is 0 Å². The van der Waals surface area contributed by atoms with E-state index in [1.807, 2.05) is 28.7 Å². The summed E-state index contributed by atoms with van der Waals surface area (Å²) in [7, 11) is 0. The molecule has 4 nitrogen and oxygen atoms in total. The Balaban J connectivity index is 2.06. The van der Waals surface area contributed by atoms with Crippen molar-refractivity contribution in [1.82, 2.24) is 14.6 Å². The molecule has 0 unspecified atom stereocenters. The van der Waals surface area contributed by atoms with Gasteiger partial charge >= 0.3 is 0 Å². The maximum absolute atomic E-state index is 11.2. The molecule has 3 rings (SSSR count). The van der Waals surface area contributed by atoms with Crippen LogP contribution in [0.1, 0.15) is 11.4 Å². The molecule has 3 aromatic rings. The fourth-order valence-corrected chi connectivity index (χ4v) is 2.33. The largest absolute Gasteiger partial charge is 0.290 e. The topological polar surface area (TPSA) is 50.2 Å². The molecule has 0 bridgehead atoms. The molecule has 18 heavy (non-hydrogen) atoms. The van der Waals surface area contributed by atoms with E-state index in [9.17, 15) is 4.79 Å². The van der Waals surface area contributed by atoms with Crippen molar-refractivity contribution in [3.8, 4) is 0 Å². The third-order valence-electron chi connectivity index (χ3n) is 2.81. The smallest absolute Gasteiger partial charge is 0.183 e. The van der Waals surface area contributed by atoms with Crippen molar-refractivity contribution in [3.05, 3.63) is 68.7 Å². The third kappa shape index (κ3) is 1.97. The van der Waals surface area contributed by atoms with Gasteiger partial charge in [-0.25, -0.2) is 0 Å². The number of nitrogens with zero attached hydrogens (tertiary/aromatic N) is 2. The van der Waals surface area contributed by atoms with E-state index in [1.165, 1.54) is 12.1 Å². The van der Waals surface area contributed by atoms with Gasteiger partial charge < -0.3 is 0 Å². The summed E-state index contributed by atoms with van der Waals surface area (Å²) in [6.07, 6.45) is 2.44. The minimum absolute atomic E-state index is 0.0221. The highest BCUT2D eigenvalue weighted by Gasteiger charge is 2.07. The fraction of sp³-hybridized carbons (Fsp3) is 0.0769. The van der Waals surface area contributed by atoms with Gasteiger partial charge in [-0.05, 0) is 11.6 Å². The van der Waals surface area contributed by atoms with E-state index in [-0.39, 0.29) is 5.43 Å². The van der Waals surface area contributed by atoms with Crippen LogP contribution in [-0.2, 0) is 6.42 Å². The summed E-state index contributed by atoms with van der Waals surface area (Å²) in [4.78, 5) is 11.2. The van der Waals surface area contributed by atoms with E-state index in [1.54, 1.807) is 6.20 Å². The van der Waals surface area contributed by atoms with Crippen molar-refractivity contribution in [1.29, 1.82) is 0 Å². The van der Waals surface area contributed by atoms with Gasteiger partial charge in [0.15, 0.2) is 5.43 Å². The van der Waals surface area contributed by atoms with Crippen LogP contribution >= 0.6 is 15.9 Å². The zero-order valence-corrected chi connectivity index (χ0v) is 11.0. The van der Waals surface area contributed by atoms with E-state index >= 15 is 0 Å². The van der Waals surface area contributed by atoms with Crippen LogP contribution in [0.3, 0.4) is 0 Å². The summed E-state index contributed by atoms with van der Waals surface area (Å²) in [5.74, 6) is 0.872. The van der Waals surface area contributed by atoms with Crippen LogP contribution in [0.2, 0.25) is 0 Å². The van der Waals surface area contributed by atoms with Gasteiger partial charge in [0, 0.05) is 29.2 Å². The number of halogens is 1. The van der Waals surface area contributed by atoms with Crippen molar-refractivity contribution in [2.24, 2.45) is 0 Å². The van der Waals surface area contributed by atoms with Gasteiger partial charge in [-0.2, -0.15) is 5.10 Å². The number of aromatic amines is 1. The standard InChI is InChI=1S/C13H10BrN3O/c14-11-4-2-1-3-9(11)7-12-15-16-13-8-10(18)5-6-17(12)13/h1-6,8,16H,7H2. The fourth-order valence-electron chi connectivity index (χ4n) is 1.90. The van der Waals surface area contributed by atoms with Crippen molar-refractivity contribution in [2.45, 2.75) is 6.42 Å². The molecule has 0 amide bonds. The molecule has 5 heteroatoms. The molecule has 0 radical (unpaired) electrons. The van der Waals surface area contributed by atoms with Crippen LogP contribution in [0.15, 0.2) is 51.9 Å². The highest BCUT2D eigenvalue weighted by atomic mass is 79.9. The Morgan fingerprint density at radius 3 is 2.94 bits per heavy atom. The number of hydrogen-bond donors (Lipinski definition) is 1. The van der Waals surface area contributed by atoms with Gasteiger partial charge in [-0.3, -0.25) is 14.3 Å². The number of rotatable bonds is 2. The first kappa shape index (κ1) is 11.2. The molecule has 0 fully saturated rings. The molecule has 0 atom stereocenters. The highest BCUT2D eigenvalue weighted by molar-refractivity contribution is 9.10. The number of nitrogens with one attached hydrogen (secondary N) is 1. The molecule has 2 aromatic heterocycles. The summed E-state index contributed by atoms with van der Waals surface area (Å²) < 4.78 is 2.95. The lowest BCUT2D eigenvalue weighted by molar-refractivity contribution is 0.931. The molecular weight excluding hydrogens is 294 g/mol. The monoisotopic (exact) mass is 303 g/mol. The van der Waals surface area contributed by atoms with Crippen LogP contribution in [0.25, 0.3) is 5.65 Å². The molecule has 0 aliphatic rings. The van der Waals surface area contributed by atoms with Crippen molar-refractivity contribution >= 4 is 21.6 Å². The third-order valence-corrected chi connectivity index (χ3v) is 3.58. The molecule has 90 valence electrons. The molecule has 0 aliphatic carbocycles. The van der Waals surface area contributed by atoms with E-state index in [0.717, 1.165) is 15.9 Å². The Hall–Kier alpha value is -1.88. The minimum Gasteiger partial charge on any atom is -0.290 e. The first-order valence-corrected chi connectivity index (χ1v) is 6.32. The van der Waals surface area contributed by atoms with Gasteiger partial charge in [0.05, 0.1) is 0 Å². The van der Waals surface area contributed by atoms with Gasteiger partial charge in [-0.15, -0.1) is 0 Å². The number of benzene rings is 1. The second-order valence-electron chi connectivity index (χ2n) is 4.03. The predicted octanol–water partition coefficient (Wildman–Crippen LogP) is 2.38. The number of aromatic nitrogens is 3. The highest BCUT2D eigenvalue weighted by Crippen LogP contribution is 2.18. The van der Waals surface area contributed by atoms with Gasteiger partial charge in [0.2, 0.25) is 0 Å². The molecule has 0 saturated heterocycles. The lowest BCUT2D eigenvalue weighted by atomic mass is 10.1.